The first-order valence-corrected chi connectivity index (χ1v) is 10.8. The lowest BCUT2D eigenvalue weighted by molar-refractivity contribution is -0.125. The zero-order chi connectivity index (χ0) is 21.9. The van der Waals surface area contributed by atoms with Gasteiger partial charge >= 0.3 is 0 Å². The summed E-state index contributed by atoms with van der Waals surface area (Å²) in [6.45, 7) is 4.03. The van der Waals surface area contributed by atoms with Gasteiger partial charge in [0.1, 0.15) is 19.3 Å². The number of rotatable bonds is 3. The largest absolute Gasteiger partial charge is 0.486 e. The molecule has 1 saturated heterocycles. The molecule has 3 heterocycles. The van der Waals surface area contributed by atoms with Crippen LogP contribution in [0.2, 0.25) is 0 Å². The minimum atomic E-state index is -0.779. The molecule has 5 rings (SSSR count). The number of benzene rings is 2. The molecule has 1 fully saturated rings. The van der Waals surface area contributed by atoms with E-state index in [1.165, 1.54) is 5.69 Å². The standard InChI is InChI=1S/C23H25N5O4/c29-21-15-18(22(30)24-16-6-7-19-20(14-16)32-13-12-31-19)25-23(26-21)28-10-8-27(9-11-28)17-4-2-1-3-5-17/h1-7,14,18H,8-13,15H2,(H,24,30)(H,25,26,29)/t18-/m0/s1. The highest BCUT2D eigenvalue weighted by atomic mass is 16.6. The molecule has 0 aliphatic carbocycles. The summed E-state index contributed by atoms with van der Waals surface area (Å²) >= 11 is 0. The van der Waals surface area contributed by atoms with Crippen molar-refractivity contribution in [2.24, 2.45) is 4.99 Å². The Bertz CT molecular complexity index is 1030. The van der Waals surface area contributed by atoms with Gasteiger partial charge in [-0.1, -0.05) is 18.2 Å². The highest BCUT2D eigenvalue weighted by Crippen LogP contribution is 2.32. The molecule has 2 N–H and O–H groups in total. The van der Waals surface area contributed by atoms with Gasteiger partial charge in [0, 0.05) is 43.6 Å². The lowest BCUT2D eigenvalue weighted by Crippen LogP contribution is -2.56. The molecule has 2 aromatic rings. The monoisotopic (exact) mass is 435 g/mol. The molecule has 0 saturated carbocycles. The number of para-hydroxylation sites is 1. The summed E-state index contributed by atoms with van der Waals surface area (Å²) in [7, 11) is 0. The second-order valence-electron chi connectivity index (χ2n) is 7.88. The number of fused-ring (bicyclic) bond motifs is 1. The SMILES string of the molecule is O=C1C[C@@H](C(=O)Nc2ccc3c(c2)OCCO3)N=C(N2CCN(c3ccccc3)CC2)N1. The molecular weight excluding hydrogens is 410 g/mol. The van der Waals surface area contributed by atoms with Gasteiger partial charge in [-0.05, 0) is 24.3 Å². The summed E-state index contributed by atoms with van der Waals surface area (Å²) in [6.07, 6.45) is 0.0177. The van der Waals surface area contributed by atoms with E-state index in [0.717, 1.165) is 13.1 Å². The minimum Gasteiger partial charge on any atom is -0.486 e. The summed E-state index contributed by atoms with van der Waals surface area (Å²) in [6, 6.07) is 14.7. The van der Waals surface area contributed by atoms with Crippen LogP contribution in [-0.4, -0.2) is 68.1 Å². The van der Waals surface area contributed by atoms with E-state index in [1.54, 1.807) is 18.2 Å². The summed E-state index contributed by atoms with van der Waals surface area (Å²) in [4.78, 5) is 34.1. The van der Waals surface area contributed by atoms with Crippen LogP contribution in [0.25, 0.3) is 0 Å². The molecule has 3 aliphatic heterocycles. The maximum absolute atomic E-state index is 12.8. The van der Waals surface area contributed by atoms with Crippen molar-refractivity contribution in [2.45, 2.75) is 12.5 Å². The van der Waals surface area contributed by atoms with Gasteiger partial charge in [-0.3, -0.25) is 14.9 Å². The third-order valence-electron chi connectivity index (χ3n) is 5.72. The van der Waals surface area contributed by atoms with E-state index in [2.05, 4.69) is 32.7 Å². The van der Waals surface area contributed by atoms with Crippen LogP contribution in [0.5, 0.6) is 11.5 Å². The molecule has 0 aromatic heterocycles. The third-order valence-corrected chi connectivity index (χ3v) is 5.72. The van der Waals surface area contributed by atoms with Crippen molar-refractivity contribution in [3.05, 3.63) is 48.5 Å². The number of hydrogen-bond acceptors (Lipinski definition) is 7. The summed E-state index contributed by atoms with van der Waals surface area (Å²) in [5.41, 5.74) is 1.76. The number of amides is 2. The highest BCUT2D eigenvalue weighted by molar-refractivity contribution is 6.06. The van der Waals surface area contributed by atoms with E-state index in [0.29, 0.717) is 49.4 Å². The quantitative estimate of drug-likeness (QED) is 0.758. The number of anilines is 2. The molecule has 3 aliphatic rings. The van der Waals surface area contributed by atoms with Gasteiger partial charge < -0.3 is 24.6 Å². The number of nitrogens with zero attached hydrogens (tertiary/aromatic N) is 3. The number of piperazine rings is 1. The zero-order valence-corrected chi connectivity index (χ0v) is 17.6. The molecule has 2 aromatic carbocycles. The molecular formula is C23H25N5O4. The van der Waals surface area contributed by atoms with E-state index >= 15 is 0 Å². The Morgan fingerprint density at radius 2 is 1.69 bits per heavy atom. The van der Waals surface area contributed by atoms with Crippen molar-refractivity contribution < 1.29 is 19.1 Å². The molecule has 32 heavy (non-hydrogen) atoms. The van der Waals surface area contributed by atoms with Crippen LogP contribution in [0.3, 0.4) is 0 Å². The van der Waals surface area contributed by atoms with Gasteiger partial charge in [-0.2, -0.15) is 0 Å². The minimum absolute atomic E-state index is 0.0177. The molecule has 9 heteroatoms. The number of aliphatic imine (C=N–C) groups is 1. The van der Waals surface area contributed by atoms with Crippen molar-refractivity contribution in [1.29, 1.82) is 0 Å². The van der Waals surface area contributed by atoms with Crippen molar-refractivity contribution in [3.63, 3.8) is 0 Å². The predicted octanol–water partition coefficient (Wildman–Crippen LogP) is 1.46. The van der Waals surface area contributed by atoms with Crippen molar-refractivity contribution in [1.82, 2.24) is 10.2 Å². The van der Waals surface area contributed by atoms with Gasteiger partial charge in [0.2, 0.25) is 17.8 Å². The first-order chi connectivity index (χ1) is 15.7. The molecule has 9 nitrogen and oxygen atoms in total. The Balaban J connectivity index is 1.24. The Morgan fingerprint density at radius 1 is 0.969 bits per heavy atom. The van der Waals surface area contributed by atoms with Crippen LogP contribution in [-0.2, 0) is 9.59 Å². The van der Waals surface area contributed by atoms with E-state index in [-0.39, 0.29) is 18.2 Å². The zero-order valence-electron chi connectivity index (χ0n) is 17.6. The molecule has 2 amide bonds. The van der Waals surface area contributed by atoms with Crippen LogP contribution >= 0.6 is 0 Å². The maximum atomic E-state index is 12.8. The molecule has 0 unspecified atom stereocenters. The molecule has 1 atom stereocenters. The van der Waals surface area contributed by atoms with E-state index in [4.69, 9.17) is 9.47 Å². The Kier molecular flexibility index (Phi) is 5.53. The smallest absolute Gasteiger partial charge is 0.249 e. The number of ether oxygens (including phenoxy) is 2. The maximum Gasteiger partial charge on any atom is 0.249 e. The summed E-state index contributed by atoms with van der Waals surface area (Å²) in [5, 5.41) is 5.68. The normalized spacial score (nSPS) is 20.3. The van der Waals surface area contributed by atoms with Crippen molar-refractivity contribution in [2.75, 3.05) is 49.6 Å². The number of carbonyl (C=O) groups is 2. The van der Waals surface area contributed by atoms with E-state index < -0.39 is 6.04 Å². The van der Waals surface area contributed by atoms with Gasteiger partial charge in [-0.15, -0.1) is 0 Å². The van der Waals surface area contributed by atoms with Gasteiger partial charge in [0.25, 0.3) is 0 Å². The molecule has 0 radical (unpaired) electrons. The topological polar surface area (TPSA) is 95.5 Å². The molecule has 0 spiro atoms. The Labute approximate surface area is 186 Å². The van der Waals surface area contributed by atoms with E-state index in [9.17, 15) is 9.59 Å². The average molecular weight is 435 g/mol. The van der Waals surface area contributed by atoms with Crippen LogP contribution in [0, 0.1) is 0 Å². The fourth-order valence-corrected chi connectivity index (χ4v) is 4.05. The fourth-order valence-electron chi connectivity index (χ4n) is 4.05. The second-order valence-corrected chi connectivity index (χ2v) is 7.88. The van der Waals surface area contributed by atoms with Crippen LogP contribution in [0.1, 0.15) is 6.42 Å². The second kappa shape index (κ2) is 8.78. The Morgan fingerprint density at radius 3 is 2.47 bits per heavy atom. The summed E-state index contributed by atoms with van der Waals surface area (Å²) < 4.78 is 11.1. The van der Waals surface area contributed by atoms with Gasteiger partial charge in [0.05, 0.1) is 6.42 Å². The Hall–Kier alpha value is -3.75. The number of guanidine groups is 1. The van der Waals surface area contributed by atoms with Crippen LogP contribution < -0.4 is 25.0 Å². The van der Waals surface area contributed by atoms with Gasteiger partial charge in [0.15, 0.2) is 11.5 Å². The van der Waals surface area contributed by atoms with Crippen LogP contribution in [0.4, 0.5) is 11.4 Å². The van der Waals surface area contributed by atoms with E-state index in [1.807, 2.05) is 23.1 Å². The number of nitrogens with one attached hydrogen (secondary N) is 2. The molecule has 166 valence electrons. The predicted molar refractivity (Wildman–Crippen MR) is 120 cm³/mol. The highest BCUT2D eigenvalue weighted by Gasteiger charge is 2.31. The number of carbonyl (C=O) groups excluding carboxylic acids is 2. The number of hydrogen-bond donors (Lipinski definition) is 2. The van der Waals surface area contributed by atoms with Crippen molar-refractivity contribution in [3.8, 4) is 11.5 Å². The first kappa shape index (κ1) is 20.2. The fraction of sp³-hybridized carbons (Fsp3) is 0.348. The van der Waals surface area contributed by atoms with Crippen molar-refractivity contribution >= 4 is 29.1 Å². The van der Waals surface area contributed by atoms with Crippen LogP contribution in [0.15, 0.2) is 53.5 Å². The average Bonchev–Trinajstić information content (AvgIpc) is 2.84. The third kappa shape index (κ3) is 4.32. The van der Waals surface area contributed by atoms with Gasteiger partial charge in [-0.25, -0.2) is 4.99 Å². The lowest BCUT2D eigenvalue weighted by Gasteiger charge is -2.38. The lowest BCUT2D eigenvalue weighted by atomic mass is 10.1. The summed E-state index contributed by atoms with van der Waals surface area (Å²) in [5.74, 6) is 1.19. The first-order valence-electron chi connectivity index (χ1n) is 10.8. The molecule has 0 bridgehead atoms.